The number of nitrogens with zero attached hydrogens (tertiary/aromatic N) is 1. The van der Waals surface area contributed by atoms with Crippen LogP contribution in [0.4, 0.5) is 0 Å². The Morgan fingerprint density at radius 2 is 1.92 bits per heavy atom. The average molecular weight is 385 g/mol. The molecule has 1 saturated carbocycles. The van der Waals surface area contributed by atoms with Crippen molar-refractivity contribution in [3.8, 4) is 0 Å². The SMILES string of the molecule is CN(CC(=O)NC1CCCCCC1)[C@@H]1c2cc(Cl)cc(Cl)c2C[C@H]1O. The number of aliphatic hydroxyl groups is 1. The second-order valence-corrected chi connectivity index (χ2v) is 8.19. The summed E-state index contributed by atoms with van der Waals surface area (Å²) in [6, 6.07) is 3.58. The molecule has 1 aromatic rings. The van der Waals surface area contributed by atoms with E-state index >= 15 is 0 Å². The van der Waals surface area contributed by atoms with Gasteiger partial charge in [0.2, 0.25) is 5.91 Å². The molecule has 0 aromatic heterocycles. The maximum Gasteiger partial charge on any atom is 0.234 e. The number of halogens is 2. The van der Waals surface area contributed by atoms with Crippen molar-refractivity contribution in [2.45, 2.75) is 63.1 Å². The zero-order chi connectivity index (χ0) is 18.0. The van der Waals surface area contributed by atoms with Crippen molar-refractivity contribution in [3.05, 3.63) is 33.3 Å². The number of carbonyl (C=O) groups excluding carboxylic acids is 1. The third kappa shape index (κ3) is 4.48. The van der Waals surface area contributed by atoms with Gasteiger partial charge in [0.1, 0.15) is 0 Å². The number of hydrogen-bond donors (Lipinski definition) is 2. The van der Waals surface area contributed by atoms with Crippen molar-refractivity contribution in [3.63, 3.8) is 0 Å². The maximum absolute atomic E-state index is 12.5. The Morgan fingerprint density at radius 3 is 2.60 bits per heavy atom. The minimum atomic E-state index is -0.582. The van der Waals surface area contributed by atoms with Crippen LogP contribution < -0.4 is 5.32 Å². The topological polar surface area (TPSA) is 52.6 Å². The first-order valence-corrected chi connectivity index (χ1v) is 9.87. The molecule has 138 valence electrons. The molecule has 1 fully saturated rings. The van der Waals surface area contributed by atoms with Crippen LogP contribution in [0.3, 0.4) is 0 Å². The van der Waals surface area contributed by atoms with Crippen molar-refractivity contribution < 1.29 is 9.90 Å². The highest BCUT2D eigenvalue weighted by Gasteiger charge is 2.36. The highest BCUT2D eigenvalue weighted by molar-refractivity contribution is 6.35. The van der Waals surface area contributed by atoms with Gasteiger partial charge >= 0.3 is 0 Å². The summed E-state index contributed by atoms with van der Waals surface area (Å²) in [5.74, 6) is 0.0168. The maximum atomic E-state index is 12.5. The number of aliphatic hydroxyl groups excluding tert-OH is 1. The number of likely N-dealkylation sites (N-methyl/N-ethyl adjacent to an activating group) is 1. The largest absolute Gasteiger partial charge is 0.391 e. The molecule has 0 radical (unpaired) electrons. The zero-order valence-electron chi connectivity index (χ0n) is 14.6. The van der Waals surface area contributed by atoms with Gasteiger partial charge in [-0.2, -0.15) is 0 Å². The van der Waals surface area contributed by atoms with Crippen molar-refractivity contribution in [1.82, 2.24) is 10.2 Å². The van der Waals surface area contributed by atoms with E-state index in [-0.39, 0.29) is 24.5 Å². The molecule has 25 heavy (non-hydrogen) atoms. The zero-order valence-corrected chi connectivity index (χ0v) is 16.1. The highest BCUT2D eigenvalue weighted by Crippen LogP contribution is 2.40. The molecule has 2 aliphatic carbocycles. The normalized spacial score (nSPS) is 24.2. The molecule has 0 spiro atoms. The van der Waals surface area contributed by atoms with Crippen LogP contribution in [0.5, 0.6) is 0 Å². The van der Waals surface area contributed by atoms with Crippen molar-refractivity contribution in [2.75, 3.05) is 13.6 Å². The molecule has 1 amide bonds. The first kappa shape index (κ1) is 19.0. The molecule has 2 aliphatic rings. The van der Waals surface area contributed by atoms with Gasteiger partial charge in [-0.05, 0) is 43.1 Å². The van der Waals surface area contributed by atoms with E-state index in [9.17, 15) is 9.90 Å². The van der Waals surface area contributed by atoms with Gasteiger partial charge < -0.3 is 10.4 Å². The lowest BCUT2D eigenvalue weighted by Gasteiger charge is -2.28. The predicted molar refractivity (Wildman–Crippen MR) is 101 cm³/mol. The standard InChI is InChI=1S/C19H26Cl2N2O2/c1-23(11-18(25)22-13-6-4-2-3-5-7-13)19-15-8-12(20)9-16(21)14(15)10-17(19)24/h8-9,13,17,19,24H,2-7,10-11H2,1H3,(H,22,25)/t17-,19-/m1/s1. The summed E-state index contributed by atoms with van der Waals surface area (Å²) in [5.41, 5.74) is 1.86. The van der Waals surface area contributed by atoms with Crippen LogP contribution in [-0.2, 0) is 11.2 Å². The lowest BCUT2D eigenvalue weighted by molar-refractivity contribution is -0.123. The number of nitrogens with one attached hydrogen (secondary N) is 1. The van der Waals surface area contributed by atoms with Gasteiger partial charge in [0.15, 0.2) is 0 Å². The molecular formula is C19H26Cl2N2O2. The Kier molecular flexibility index (Phi) is 6.26. The molecule has 0 saturated heterocycles. The first-order chi connectivity index (χ1) is 12.0. The molecule has 0 heterocycles. The molecule has 4 nitrogen and oxygen atoms in total. The van der Waals surface area contributed by atoms with E-state index in [1.807, 2.05) is 18.0 Å². The summed E-state index contributed by atoms with van der Waals surface area (Å²) in [4.78, 5) is 14.4. The Hall–Kier alpha value is -0.810. The highest BCUT2D eigenvalue weighted by atomic mass is 35.5. The minimum Gasteiger partial charge on any atom is -0.391 e. The fourth-order valence-electron chi connectivity index (χ4n) is 4.18. The predicted octanol–water partition coefficient (Wildman–Crippen LogP) is 3.72. The van der Waals surface area contributed by atoms with Gasteiger partial charge in [-0.25, -0.2) is 0 Å². The monoisotopic (exact) mass is 384 g/mol. The fourth-order valence-corrected chi connectivity index (χ4v) is 4.77. The van der Waals surface area contributed by atoms with Crippen LogP contribution in [0, 0.1) is 0 Å². The number of carbonyl (C=O) groups is 1. The summed E-state index contributed by atoms with van der Waals surface area (Å²) in [7, 11) is 1.87. The van der Waals surface area contributed by atoms with Crippen molar-refractivity contribution in [2.24, 2.45) is 0 Å². The quantitative estimate of drug-likeness (QED) is 0.777. The molecule has 2 atom stereocenters. The van der Waals surface area contributed by atoms with E-state index in [1.54, 1.807) is 6.07 Å². The van der Waals surface area contributed by atoms with Crippen LogP contribution in [0.1, 0.15) is 55.7 Å². The molecule has 6 heteroatoms. The Balaban J connectivity index is 1.65. The van der Waals surface area contributed by atoms with E-state index in [0.717, 1.165) is 24.0 Å². The van der Waals surface area contributed by atoms with Crippen LogP contribution in [0.15, 0.2) is 12.1 Å². The summed E-state index contributed by atoms with van der Waals surface area (Å²) in [6.07, 6.45) is 6.94. The molecule has 1 aromatic carbocycles. The lowest BCUT2D eigenvalue weighted by Crippen LogP contribution is -2.43. The third-order valence-corrected chi connectivity index (χ3v) is 5.93. The van der Waals surface area contributed by atoms with E-state index in [2.05, 4.69) is 5.32 Å². The molecule has 3 rings (SSSR count). The Morgan fingerprint density at radius 1 is 1.24 bits per heavy atom. The lowest BCUT2D eigenvalue weighted by atomic mass is 10.1. The van der Waals surface area contributed by atoms with Gasteiger partial charge in [-0.15, -0.1) is 0 Å². The van der Waals surface area contributed by atoms with Crippen LogP contribution in [0.25, 0.3) is 0 Å². The van der Waals surface area contributed by atoms with Crippen molar-refractivity contribution >= 4 is 29.1 Å². The van der Waals surface area contributed by atoms with E-state index in [0.29, 0.717) is 16.5 Å². The number of rotatable bonds is 4. The molecule has 0 aliphatic heterocycles. The number of benzene rings is 1. The summed E-state index contributed by atoms with van der Waals surface area (Å²) in [6.45, 7) is 0.252. The van der Waals surface area contributed by atoms with Gasteiger partial charge in [0.25, 0.3) is 0 Å². The second kappa shape index (κ2) is 8.26. The van der Waals surface area contributed by atoms with Crippen molar-refractivity contribution in [1.29, 1.82) is 0 Å². The van der Waals surface area contributed by atoms with Crippen LogP contribution >= 0.6 is 23.2 Å². The Labute approximate surface area is 159 Å². The molecule has 2 N–H and O–H groups in total. The van der Waals surface area contributed by atoms with E-state index in [4.69, 9.17) is 23.2 Å². The summed E-state index contributed by atoms with van der Waals surface area (Å²) < 4.78 is 0. The second-order valence-electron chi connectivity index (χ2n) is 7.34. The number of fused-ring (bicyclic) bond motifs is 1. The van der Waals surface area contributed by atoms with Gasteiger partial charge in [-0.1, -0.05) is 48.9 Å². The fraction of sp³-hybridized carbons (Fsp3) is 0.632. The average Bonchev–Trinajstić information content (AvgIpc) is 2.70. The smallest absolute Gasteiger partial charge is 0.234 e. The van der Waals surface area contributed by atoms with Crippen LogP contribution in [0.2, 0.25) is 10.0 Å². The summed E-state index contributed by atoms with van der Waals surface area (Å²) >= 11 is 12.4. The minimum absolute atomic E-state index is 0.0168. The summed E-state index contributed by atoms with van der Waals surface area (Å²) in [5, 5.41) is 14.8. The van der Waals surface area contributed by atoms with Crippen LogP contribution in [-0.4, -0.2) is 41.7 Å². The van der Waals surface area contributed by atoms with Gasteiger partial charge in [0, 0.05) is 22.5 Å². The van der Waals surface area contributed by atoms with E-state index < -0.39 is 6.10 Å². The van der Waals surface area contributed by atoms with E-state index in [1.165, 1.54) is 25.7 Å². The molecular weight excluding hydrogens is 359 g/mol. The number of hydrogen-bond acceptors (Lipinski definition) is 3. The molecule has 0 bridgehead atoms. The first-order valence-electron chi connectivity index (χ1n) is 9.11. The third-order valence-electron chi connectivity index (χ3n) is 5.38. The van der Waals surface area contributed by atoms with Gasteiger partial charge in [-0.3, -0.25) is 9.69 Å². The number of amides is 1. The molecule has 0 unspecified atom stereocenters. The van der Waals surface area contributed by atoms with Gasteiger partial charge in [0.05, 0.1) is 18.7 Å². The Bertz CT molecular complexity index is 630.